The van der Waals surface area contributed by atoms with Gasteiger partial charge in [-0.25, -0.2) is 5.84 Å². The van der Waals surface area contributed by atoms with Crippen LogP contribution in [0.15, 0.2) is 24.3 Å². The van der Waals surface area contributed by atoms with E-state index in [-0.39, 0.29) is 5.91 Å². The fourth-order valence-corrected chi connectivity index (χ4v) is 1.45. The lowest BCUT2D eigenvalue weighted by Gasteiger charge is -2.07. The monoisotopic (exact) mass is 252 g/mol. The Balaban J connectivity index is 2.17. The van der Waals surface area contributed by atoms with Crippen molar-refractivity contribution < 1.29 is 14.3 Å². The Morgan fingerprint density at radius 1 is 1.17 bits per heavy atom. The van der Waals surface area contributed by atoms with E-state index in [0.29, 0.717) is 19.6 Å². The van der Waals surface area contributed by atoms with Gasteiger partial charge in [-0.15, -0.1) is 0 Å². The predicted octanol–water partition coefficient (Wildman–Crippen LogP) is 1.62. The van der Waals surface area contributed by atoms with Crippen molar-refractivity contribution in [3.05, 3.63) is 24.3 Å². The first-order valence-electron chi connectivity index (χ1n) is 6.11. The fourth-order valence-electron chi connectivity index (χ4n) is 1.45. The van der Waals surface area contributed by atoms with Crippen LogP contribution in [-0.4, -0.2) is 19.1 Å². The molecule has 18 heavy (non-hydrogen) atoms. The van der Waals surface area contributed by atoms with Crippen molar-refractivity contribution in [2.75, 3.05) is 13.2 Å². The quantitative estimate of drug-likeness (QED) is 0.319. The Kier molecular flexibility index (Phi) is 6.64. The van der Waals surface area contributed by atoms with Crippen molar-refractivity contribution in [1.29, 1.82) is 0 Å². The number of rotatable bonds is 8. The minimum absolute atomic E-state index is 0.143. The Hall–Kier alpha value is -1.75. The molecule has 1 aromatic rings. The number of hydrogen-bond donors (Lipinski definition) is 2. The van der Waals surface area contributed by atoms with Gasteiger partial charge in [0.2, 0.25) is 5.91 Å². The minimum atomic E-state index is -0.143. The van der Waals surface area contributed by atoms with E-state index in [1.54, 1.807) is 0 Å². The number of nitrogens with two attached hydrogens (primary N) is 1. The van der Waals surface area contributed by atoms with Crippen LogP contribution >= 0.6 is 0 Å². The molecule has 0 atom stereocenters. The lowest BCUT2D eigenvalue weighted by atomic mass is 10.2. The van der Waals surface area contributed by atoms with Crippen molar-refractivity contribution in [3.63, 3.8) is 0 Å². The van der Waals surface area contributed by atoms with Gasteiger partial charge in [-0.2, -0.15) is 0 Å². The summed E-state index contributed by atoms with van der Waals surface area (Å²) in [4.78, 5) is 10.9. The zero-order valence-electron chi connectivity index (χ0n) is 10.6. The number of hydrogen-bond acceptors (Lipinski definition) is 4. The zero-order chi connectivity index (χ0) is 13.2. The third-order valence-electron chi connectivity index (χ3n) is 2.36. The number of carbonyl (C=O) groups is 1. The maximum Gasteiger partial charge on any atom is 0.233 e. The first-order chi connectivity index (χ1) is 8.76. The lowest BCUT2D eigenvalue weighted by molar-refractivity contribution is -0.121. The van der Waals surface area contributed by atoms with Crippen molar-refractivity contribution in [1.82, 2.24) is 5.43 Å². The van der Waals surface area contributed by atoms with Gasteiger partial charge in [-0.1, -0.05) is 0 Å². The second-order valence-corrected chi connectivity index (χ2v) is 3.78. The maximum absolute atomic E-state index is 10.9. The Morgan fingerprint density at radius 2 is 1.78 bits per heavy atom. The molecule has 5 heteroatoms. The molecule has 1 amide bonds. The van der Waals surface area contributed by atoms with E-state index < -0.39 is 0 Å². The summed E-state index contributed by atoms with van der Waals surface area (Å²) in [5, 5.41) is 0. The van der Waals surface area contributed by atoms with Gasteiger partial charge in [0.1, 0.15) is 11.5 Å². The second kappa shape index (κ2) is 8.36. The molecule has 0 radical (unpaired) electrons. The zero-order valence-corrected chi connectivity index (χ0v) is 10.6. The third-order valence-corrected chi connectivity index (χ3v) is 2.36. The van der Waals surface area contributed by atoms with Crippen LogP contribution in [0.1, 0.15) is 26.2 Å². The molecule has 1 aromatic carbocycles. The second-order valence-electron chi connectivity index (χ2n) is 3.78. The van der Waals surface area contributed by atoms with E-state index in [1.807, 2.05) is 31.2 Å². The van der Waals surface area contributed by atoms with Crippen LogP contribution in [0.3, 0.4) is 0 Å². The summed E-state index contributed by atoms with van der Waals surface area (Å²) in [6.07, 6.45) is 2.02. The van der Waals surface area contributed by atoms with Crippen LogP contribution in [0, 0.1) is 0 Å². The Labute approximate surface area is 107 Å². The molecule has 0 aliphatic heterocycles. The topological polar surface area (TPSA) is 73.6 Å². The molecule has 0 aliphatic rings. The summed E-state index contributed by atoms with van der Waals surface area (Å²) in [6.45, 7) is 3.19. The van der Waals surface area contributed by atoms with Crippen LogP contribution in [0.25, 0.3) is 0 Å². The third kappa shape index (κ3) is 5.54. The molecule has 0 fully saturated rings. The number of amides is 1. The van der Waals surface area contributed by atoms with E-state index in [0.717, 1.165) is 24.3 Å². The highest BCUT2D eigenvalue weighted by atomic mass is 16.5. The first kappa shape index (κ1) is 14.3. The molecule has 0 saturated heterocycles. The summed E-state index contributed by atoms with van der Waals surface area (Å²) in [7, 11) is 0. The number of ether oxygens (including phenoxy) is 2. The molecule has 0 bridgehead atoms. The number of carbonyl (C=O) groups excluding carboxylic acids is 1. The number of benzene rings is 1. The van der Waals surface area contributed by atoms with Crippen LogP contribution < -0.4 is 20.7 Å². The molecule has 0 unspecified atom stereocenters. The van der Waals surface area contributed by atoms with E-state index in [4.69, 9.17) is 15.3 Å². The van der Waals surface area contributed by atoms with Gasteiger partial charge < -0.3 is 9.47 Å². The molecule has 0 aromatic heterocycles. The van der Waals surface area contributed by atoms with Gasteiger partial charge in [-0.3, -0.25) is 10.2 Å². The maximum atomic E-state index is 10.9. The largest absolute Gasteiger partial charge is 0.494 e. The van der Waals surface area contributed by atoms with Crippen LogP contribution in [-0.2, 0) is 4.79 Å². The highest BCUT2D eigenvalue weighted by Crippen LogP contribution is 2.17. The van der Waals surface area contributed by atoms with Crippen molar-refractivity contribution in [2.24, 2.45) is 5.84 Å². The minimum Gasteiger partial charge on any atom is -0.494 e. The fraction of sp³-hybridized carbons (Fsp3) is 0.462. The van der Waals surface area contributed by atoms with Crippen LogP contribution in [0.2, 0.25) is 0 Å². The normalized spacial score (nSPS) is 9.89. The summed E-state index contributed by atoms with van der Waals surface area (Å²) >= 11 is 0. The molecular weight excluding hydrogens is 232 g/mol. The van der Waals surface area contributed by atoms with Crippen LogP contribution in [0.4, 0.5) is 0 Å². The average Bonchev–Trinajstić information content (AvgIpc) is 2.40. The molecule has 0 heterocycles. The van der Waals surface area contributed by atoms with Crippen LogP contribution in [0.5, 0.6) is 11.5 Å². The van der Waals surface area contributed by atoms with Gasteiger partial charge in [0.15, 0.2) is 0 Å². The summed E-state index contributed by atoms with van der Waals surface area (Å²) in [6, 6.07) is 7.50. The molecule has 5 nitrogen and oxygen atoms in total. The SMILES string of the molecule is CCOc1ccc(OCCCCC(=O)NN)cc1. The summed E-state index contributed by atoms with van der Waals surface area (Å²) in [5.74, 6) is 6.48. The highest BCUT2D eigenvalue weighted by Gasteiger charge is 1.99. The van der Waals surface area contributed by atoms with Gasteiger partial charge in [-0.05, 0) is 44.0 Å². The predicted molar refractivity (Wildman–Crippen MR) is 69.3 cm³/mol. The first-order valence-corrected chi connectivity index (χ1v) is 6.11. The van der Waals surface area contributed by atoms with Crippen molar-refractivity contribution >= 4 is 5.91 Å². The van der Waals surface area contributed by atoms with E-state index in [9.17, 15) is 4.79 Å². The lowest BCUT2D eigenvalue weighted by Crippen LogP contribution is -2.29. The van der Waals surface area contributed by atoms with Gasteiger partial charge in [0.25, 0.3) is 0 Å². The van der Waals surface area contributed by atoms with Gasteiger partial charge in [0, 0.05) is 6.42 Å². The summed E-state index contributed by atoms with van der Waals surface area (Å²) < 4.78 is 10.9. The smallest absolute Gasteiger partial charge is 0.233 e. The Bertz CT molecular complexity index is 352. The molecule has 1 rings (SSSR count). The molecular formula is C13H20N2O3. The molecule has 3 N–H and O–H groups in total. The number of nitrogens with one attached hydrogen (secondary N) is 1. The highest BCUT2D eigenvalue weighted by molar-refractivity contribution is 5.75. The Morgan fingerprint density at radius 3 is 2.33 bits per heavy atom. The number of unbranched alkanes of at least 4 members (excludes halogenated alkanes) is 1. The molecule has 0 aliphatic carbocycles. The van der Waals surface area contributed by atoms with Gasteiger partial charge >= 0.3 is 0 Å². The van der Waals surface area contributed by atoms with E-state index in [2.05, 4.69) is 5.43 Å². The summed E-state index contributed by atoms with van der Waals surface area (Å²) in [5.41, 5.74) is 2.10. The molecule has 0 spiro atoms. The molecule has 0 saturated carbocycles. The van der Waals surface area contributed by atoms with E-state index >= 15 is 0 Å². The standard InChI is InChI=1S/C13H20N2O3/c1-2-17-11-6-8-12(9-7-11)18-10-4-3-5-13(16)15-14/h6-9H,2-5,10,14H2,1H3,(H,15,16). The van der Waals surface area contributed by atoms with Gasteiger partial charge in [0.05, 0.1) is 13.2 Å². The average molecular weight is 252 g/mol. The number of hydrazine groups is 1. The molecule has 100 valence electrons. The van der Waals surface area contributed by atoms with E-state index in [1.165, 1.54) is 0 Å². The van der Waals surface area contributed by atoms with Crippen molar-refractivity contribution in [2.45, 2.75) is 26.2 Å². The van der Waals surface area contributed by atoms with Crippen molar-refractivity contribution in [3.8, 4) is 11.5 Å².